The quantitative estimate of drug-likeness (QED) is 0.544. The molecule has 13 heavy (non-hydrogen) atoms. The highest BCUT2D eigenvalue weighted by atomic mass is 32.3. The van der Waals surface area contributed by atoms with E-state index in [0.29, 0.717) is 0 Å². The van der Waals surface area contributed by atoms with E-state index in [-0.39, 0.29) is 4.13 Å². The summed E-state index contributed by atoms with van der Waals surface area (Å²) in [7, 11) is -11.7. The van der Waals surface area contributed by atoms with Crippen LogP contribution in [0, 0.1) is 0 Å². The van der Waals surface area contributed by atoms with Gasteiger partial charge in [-0.1, -0.05) is 8.01 Å². The predicted octanol–water partition coefficient (Wildman–Crippen LogP) is -0.318. The molecule has 0 radical (unpaired) electrons. The second kappa shape index (κ2) is 3.38. The van der Waals surface area contributed by atoms with E-state index in [1.165, 1.54) is 0 Å². The van der Waals surface area contributed by atoms with Gasteiger partial charge in [0.1, 0.15) is 0 Å². The predicted molar refractivity (Wildman–Crippen MR) is 33.0 cm³/mol. The lowest BCUT2D eigenvalue weighted by atomic mass is 10.8. The van der Waals surface area contributed by atoms with Gasteiger partial charge in [-0.3, -0.25) is 0 Å². The van der Waals surface area contributed by atoms with E-state index in [2.05, 4.69) is 0 Å². The maximum Gasteiger partial charge on any atom is 0.387 e. The molecule has 0 atom stereocenters. The first-order chi connectivity index (χ1) is 5.52. The molecule has 5 nitrogen and oxygen atoms in total. The molecule has 0 aromatic rings. The lowest BCUT2D eigenvalue weighted by Gasteiger charge is -2.11. The molecular weight excluding hydrogens is 242 g/mol. The lowest BCUT2D eigenvalue weighted by molar-refractivity contribution is 0.0614. The van der Waals surface area contributed by atoms with Gasteiger partial charge < -0.3 is 0 Å². The molecule has 0 fully saturated rings. The van der Waals surface area contributed by atoms with E-state index >= 15 is 0 Å². The smallest absolute Gasteiger partial charge is 0.243 e. The monoisotopic (exact) mass is 245 g/mol. The molecule has 0 spiro atoms. The zero-order valence-electron chi connectivity index (χ0n) is 5.67. The highest BCUT2D eigenvalue weighted by Crippen LogP contribution is 2.21. The average Bonchev–Trinajstić information content (AvgIpc) is 1.81. The van der Waals surface area contributed by atoms with E-state index in [9.17, 15) is 33.9 Å². The molecule has 0 heterocycles. The maximum absolute atomic E-state index is 12.0. The van der Waals surface area contributed by atoms with Crippen LogP contribution in [0.1, 0.15) is 0 Å². The summed E-state index contributed by atoms with van der Waals surface area (Å²) in [6.45, 7) is -2.65. The van der Waals surface area contributed by atoms with E-state index in [1.54, 1.807) is 0 Å². The first-order valence-corrected chi connectivity index (χ1v) is 5.30. The molecule has 0 aromatic carbocycles. The fourth-order valence-electron chi connectivity index (χ4n) is 0.264. The van der Waals surface area contributed by atoms with Crippen molar-refractivity contribution < 1.29 is 33.9 Å². The number of rotatable bonds is 4. The number of alkyl halides is 3. The van der Waals surface area contributed by atoms with Crippen LogP contribution in [0.4, 0.5) is 17.1 Å². The molecular formula is C2H3F4NO4S2. The summed E-state index contributed by atoms with van der Waals surface area (Å²) in [6, 6.07) is 0. The first-order valence-electron chi connectivity index (χ1n) is 2.43. The SMILES string of the molecule is O=S(=O)(F)NS(=O)(=O)C(F)(F)CF. The van der Waals surface area contributed by atoms with Crippen molar-refractivity contribution in [1.82, 2.24) is 4.13 Å². The van der Waals surface area contributed by atoms with Gasteiger partial charge in [-0.2, -0.15) is 17.2 Å². The Balaban J connectivity index is 5.03. The summed E-state index contributed by atoms with van der Waals surface area (Å²) < 4.78 is 86.5. The molecule has 0 amide bonds. The number of hydrogen-bond acceptors (Lipinski definition) is 4. The molecule has 0 bridgehead atoms. The third-order valence-corrected chi connectivity index (χ3v) is 3.33. The van der Waals surface area contributed by atoms with Crippen LogP contribution in [0.15, 0.2) is 0 Å². The van der Waals surface area contributed by atoms with Crippen LogP contribution in [0.3, 0.4) is 0 Å². The minimum atomic E-state index is -5.89. The van der Waals surface area contributed by atoms with Gasteiger partial charge >= 0.3 is 15.7 Å². The normalized spacial score (nSPS) is 14.5. The molecule has 0 saturated carbocycles. The lowest BCUT2D eigenvalue weighted by Crippen LogP contribution is -2.42. The van der Waals surface area contributed by atoms with Gasteiger partial charge in [-0.05, 0) is 0 Å². The number of sulfonamides is 1. The van der Waals surface area contributed by atoms with Crippen molar-refractivity contribution in [3.8, 4) is 0 Å². The van der Waals surface area contributed by atoms with Gasteiger partial charge in [0.15, 0.2) is 6.67 Å². The Morgan fingerprint density at radius 3 is 1.77 bits per heavy atom. The molecule has 80 valence electrons. The van der Waals surface area contributed by atoms with Crippen molar-refractivity contribution in [2.75, 3.05) is 6.67 Å². The van der Waals surface area contributed by atoms with Gasteiger partial charge in [-0.25, -0.2) is 12.8 Å². The fourth-order valence-corrected chi connectivity index (χ4v) is 1.94. The van der Waals surface area contributed by atoms with E-state index in [1.807, 2.05) is 0 Å². The highest BCUT2D eigenvalue weighted by Gasteiger charge is 2.47. The Kier molecular flexibility index (Phi) is 3.27. The summed E-state index contributed by atoms with van der Waals surface area (Å²) in [5.74, 6) is 0. The van der Waals surface area contributed by atoms with E-state index < -0.39 is 32.4 Å². The summed E-state index contributed by atoms with van der Waals surface area (Å²) in [5, 5.41) is -4.98. The van der Waals surface area contributed by atoms with Crippen LogP contribution < -0.4 is 4.13 Å². The number of hydrogen-bond donors (Lipinski definition) is 1. The fraction of sp³-hybridized carbons (Fsp3) is 1.00. The second-order valence-corrected chi connectivity index (χ2v) is 4.94. The molecule has 0 aliphatic rings. The number of halogens is 4. The molecule has 0 saturated heterocycles. The Morgan fingerprint density at radius 2 is 1.54 bits per heavy atom. The van der Waals surface area contributed by atoms with Crippen LogP contribution in [0.2, 0.25) is 0 Å². The van der Waals surface area contributed by atoms with Crippen molar-refractivity contribution in [3.63, 3.8) is 0 Å². The highest BCUT2D eigenvalue weighted by molar-refractivity contribution is 8.03. The van der Waals surface area contributed by atoms with Crippen LogP contribution >= 0.6 is 0 Å². The van der Waals surface area contributed by atoms with Crippen LogP contribution in [0.25, 0.3) is 0 Å². The van der Waals surface area contributed by atoms with Gasteiger partial charge in [0.2, 0.25) is 0 Å². The largest absolute Gasteiger partial charge is 0.387 e. The van der Waals surface area contributed by atoms with Crippen LogP contribution in [-0.4, -0.2) is 28.8 Å². The number of nitrogens with one attached hydrogen (secondary N) is 1. The van der Waals surface area contributed by atoms with Crippen molar-refractivity contribution in [2.24, 2.45) is 0 Å². The topological polar surface area (TPSA) is 80.3 Å². The molecule has 0 aromatic heterocycles. The van der Waals surface area contributed by atoms with Gasteiger partial charge in [0.25, 0.3) is 10.0 Å². The van der Waals surface area contributed by atoms with E-state index in [4.69, 9.17) is 0 Å². The molecule has 1 N–H and O–H groups in total. The van der Waals surface area contributed by atoms with Crippen molar-refractivity contribution in [2.45, 2.75) is 5.25 Å². The van der Waals surface area contributed by atoms with Gasteiger partial charge in [0.05, 0.1) is 0 Å². The molecule has 0 rings (SSSR count). The third-order valence-electron chi connectivity index (χ3n) is 0.758. The Bertz CT molecular complexity index is 371. The summed E-state index contributed by atoms with van der Waals surface area (Å²) in [5.41, 5.74) is 0. The minimum absolute atomic E-state index is 0.0256. The Morgan fingerprint density at radius 1 is 1.15 bits per heavy atom. The van der Waals surface area contributed by atoms with Crippen molar-refractivity contribution >= 4 is 20.4 Å². The van der Waals surface area contributed by atoms with Crippen molar-refractivity contribution in [3.05, 3.63) is 0 Å². The Hall–Kier alpha value is -0.420. The van der Waals surface area contributed by atoms with Crippen molar-refractivity contribution in [1.29, 1.82) is 0 Å². The van der Waals surface area contributed by atoms with Gasteiger partial charge in [-0.15, -0.1) is 0 Å². The summed E-state index contributed by atoms with van der Waals surface area (Å²) >= 11 is 0. The average molecular weight is 245 g/mol. The van der Waals surface area contributed by atoms with Gasteiger partial charge in [0, 0.05) is 0 Å². The van der Waals surface area contributed by atoms with Crippen LogP contribution in [0.5, 0.6) is 0 Å². The first kappa shape index (κ1) is 12.6. The van der Waals surface area contributed by atoms with E-state index in [0.717, 1.165) is 0 Å². The second-order valence-electron chi connectivity index (χ2n) is 1.80. The summed E-state index contributed by atoms with van der Waals surface area (Å²) in [4.78, 5) is 0. The zero-order chi connectivity index (χ0) is 10.9. The minimum Gasteiger partial charge on any atom is -0.243 e. The zero-order valence-corrected chi connectivity index (χ0v) is 7.30. The van der Waals surface area contributed by atoms with Crippen LogP contribution in [-0.2, 0) is 20.4 Å². The molecule has 0 aliphatic carbocycles. The maximum atomic E-state index is 12.0. The molecule has 0 aliphatic heterocycles. The standard InChI is InChI=1S/C2H3F4NO4S2/c3-1-2(4,5)12(8,9)7-13(6,10)11/h7H,1H2. The molecule has 0 unspecified atom stereocenters. The summed E-state index contributed by atoms with van der Waals surface area (Å²) in [6.07, 6.45) is 0. The Labute approximate surface area is 71.1 Å². The molecule has 11 heteroatoms. The third kappa shape index (κ3) is 3.44.